The van der Waals surface area contributed by atoms with Gasteiger partial charge in [0.2, 0.25) is 0 Å². The standard InChI is InChI=1S/C17H18O/c1-18-17(13-7-3-8-14-17)15-9-6-12-16-10-4-2-5-11-16/h2-13,15H,14H2,1H3. The molecule has 1 aliphatic rings. The van der Waals surface area contributed by atoms with Crippen LogP contribution < -0.4 is 0 Å². The molecule has 1 aromatic carbocycles. The fourth-order valence-electron chi connectivity index (χ4n) is 1.91. The Bertz CT molecular complexity index is 480. The molecule has 0 N–H and O–H groups in total. The molecular weight excluding hydrogens is 220 g/mol. The topological polar surface area (TPSA) is 9.23 Å². The SMILES string of the molecule is COC1(C=CC=Cc2ccccc2)C=CC=CC1. The zero-order valence-corrected chi connectivity index (χ0v) is 10.6. The second-order valence-corrected chi connectivity index (χ2v) is 4.28. The highest BCUT2D eigenvalue weighted by atomic mass is 16.5. The Morgan fingerprint density at radius 2 is 1.94 bits per heavy atom. The number of ether oxygens (including phenoxy) is 1. The molecule has 0 spiro atoms. The van der Waals surface area contributed by atoms with E-state index < -0.39 is 0 Å². The maximum Gasteiger partial charge on any atom is 0.108 e. The second-order valence-electron chi connectivity index (χ2n) is 4.28. The third-order valence-corrected chi connectivity index (χ3v) is 3.02. The fraction of sp³-hybridized carbons (Fsp3) is 0.176. The quantitative estimate of drug-likeness (QED) is 0.716. The van der Waals surface area contributed by atoms with Gasteiger partial charge in [-0.25, -0.2) is 0 Å². The van der Waals surface area contributed by atoms with Gasteiger partial charge in [0, 0.05) is 13.5 Å². The maximum atomic E-state index is 5.57. The Morgan fingerprint density at radius 1 is 1.11 bits per heavy atom. The molecule has 1 unspecified atom stereocenters. The van der Waals surface area contributed by atoms with E-state index in [2.05, 4.69) is 36.4 Å². The van der Waals surface area contributed by atoms with Crippen LogP contribution in [0.15, 0.2) is 72.9 Å². The number of allylic oxidation sites excluding steroid dienone is 4. The maximum absolute atomic E-state index is 5.57. The Hall–Kier alpha value is -1.86. The highest BCUT2D eigenvalue weighted by molar-refractivity contribution is 5.50. The van der Waals surface area contributed by atoms with E-state index in [-0.39, 0.29) is 5.60 Å². The van der Waals surface area contributed by atoms with Crippen LogP contribution in [0.5, 0.6) is 0 Å². The number of methoxy groups -OCH3 is 1. The average Bonchev–Trinajstić information content (AvgIpc) is 2.46. The number of rotatable bonds is 4. The molecular formula is C17H18O. The van der Waals surface area contributed by atoms with E-state index in [1.54, 1.807) is 7.11 Å². The molecule has 0 saturated heterocycles. The van der Waals surface area contributed by atoms with E-state index in [9.17, 15) is 0 Å². The minimum absolute atomic E-state index is 0.282. The highest BCUT2D eigenvalue weighted by Crippen LogP contribution is 2.23. The van der Waals surface area contributed by atoms with Crippen LogP contribution in [0, 0.1) is 0 Å². The van der Waals surface area contributed by atoms with Crippen molar-refractivity contribution in [3.8, 4) is 0 Å². The molecule has 0 saturated carbocycles. The van der Waals surface area contributed by atoms with E-state index in [1.807, 2.05) is 42.5 Å². The normalized spacial score (nSPS) is 23.2. The second kappa shape index (κ2) is 6.18. The predicted molar refractivity (Wildman–Crippen MR) is 77.3 cm³/mol. The zero-order valence-electron chi connectivity index (χ0n) is 10.6. The smallest absolute Gasteiger partial charge is 0.108 e. The largest absolute Gasteiger partial charge is 0.370 e. The van der Waals surface area contributed by atoms with Crippen molar-refractivity contribution in [2.75, 3.05) is 7.11 Å². The summed E-state index contributed by atoms with van der Waals surface area (Å²) in [5, 5.41) is 0. The van der Waals surface area contributed by atoms with Crippen LogP contribution in [-0.4, -0.2) is 12.7 Å². The molecule has 1 aliphatic carbocycles. The van der Waals surface area contributed by atoms with Crippen molar-refractivity contribution in [1.82, 2.24) is 0 Å². The van der Waals surface area contributed by atoms with Crippen LogP contribution in [0.3, 0.4) is 0 Å². The van der Waals surface area contributed by atoms with Crippen molar-refractivity contribution in [2.24, 2.45) is 0 Å². The molecule has 1 nitrogen and oxygen atoms in total. The van der Waals surface area contributed by atoms with Crippen molar-refractivity contribution < 1.29 is 4.74 Å². The van der Waals surface area contributed by atoms with Crippen LogP contribution in [0.4, 0.5) is 0 Å². The molecule has 18 heavy (non-hydrogen) atoms. The first-order chi connectivity index (χ1) is 8.85. The van der Waals surface area contributed by atoms with Gasteiger partial charge in [0.25, 0.3) is 0 Å². The zero-order chi connectivity index (χ0) is 12.7. The summed E-state index contributed by atoms with van der Waals surface area (Å²) in [6.07, 6.45) is 17.4. The van der Waals surface area contributed by atoms with Crippen molar-refractivity contribution in [3.05, 3.63) is 78.4 Å². The third-order valence-electron chi connectivity index (χ3n) is 3.02. The number of hydrogen-bond acceptors (Lipinski definition) is 1. The Labute approximate surface area is 109 Å². The summed E-state index contributed by atoms with van der Waals surface area (Å²) in [7, 11) is 1.74. The Morgan fingerprint density at radius 3 is 2.61 bits per heavy atom. The average molecular weight is 238 g/mol. The summed E-state index contributed by atoms with van der Waals surface area (Å²) in [5.41, 5.74) is 0.920. The highest BCUT2D eigenvalue weighted by Gasteiger charge is 2.22. The van der Waals surface area contributed by atoms with Crippen molar-refractivity contribution in [2.45, 2.75) is 12.0 Å². The van der Waals surface area contributed by atoms with Gasteiger partial charge in [0.15, 0.2) is 0 Å². The van der Waals surface area contributed by atoms with E-state index in [1.165, 1.54) is 5.56 Å². The molecule has 1 atom stereocenters. The lowest BCUT2D eigenvalue weighted by molar-refractivity contribution is 0.0759. The molecule has 1 heteroatoms. The molecule has 0 amide bonds. The molecule has 0 bridgehead atoms. The van der Waals surface area contributed by atoms with Crippen LogP contribution in [0.2, 0.25) is 0 Å². The van der Waals surface area contributed by atoms with Crippen LogP contribution >= 0.6 is 0 Å². The lowest BCUT2D eigenvalue weighted by atomic mass is 9.94. The molecule has 0 fully saturated rings. The van der Waals surface area contributed by atoms with Crippen molar-refractivity contribution in [1.29, 1.82) is 0 Å². The summed E-state index contributed by atoms with van der Waals surface area (Å²) in [6.45, 7) is 0. The molecule has 0 radical (unpaired) electrons. The Kier molecular flexibility index (Phi) is 4.32. The number of benzene rings is 1. The van der Waals surface area contributed by atoms with Gasteiger partial charge in [-0.1, -0.05) is 66.8 Å². The van der Waals surface area contributed by atoms with Gasteiger partial charge < -0.3 is 4.74 Å². The molecule has 92 valence electrons. The molecule has 0 aliphatic heterocycles. The van der Waals surface area contributed by atoms with Crippen LogP contribution in [-0.2, 0) is 4.74 Å². The van der Waals surface area contributed by atoms with Gasteiger partial charge in [-0.3, -0.25) is 0 Å². The first-order valence-corrected chi connectivity index (χ1v) is 6.15. The lowest BCUT2D eigenvalue weighted by Gasteiger charge is -2.25. The number of hydrogen-bond donors (Lipinski definition) is 0. The first kappa shape index (κ1) is 12.6. The van der Waals surface area contributed by atoms with Crippen molar-refractivity contribution >= 4 is 6.08 Å². The van der Waals surface area contributed by atoms with Gasteiger partial charge in [-0.05, 0) is 17.7 Å². The van der Waals surface area contributed by atoms with Crippen LogP contribution in [0.25, 0.3) is 6.08 Å². The van der Waals surface area contributed by atoms with Crippen molar-refractivity contribution in [3.63, 3.8) is 0 Å². The summed E-state index contributed by atoms with van der Waals surface area (Å²) in [5.74, 6) is 0. The molecule has 2 rings (SSSR count). The van der Waals surface area contributed by atoms with Gasteiger partial charge in [-0.2, -0.15) is 0 Å². The molecule has 0 aromatic heterocycles. The lowest BCUT2D eigenvalue weighted by Crippen LogP contribution is -2.26. The van der Waals surface area contributed by atoms with E-state index in [0.717, 1.165) is 6.42 Å². The summed E-state index contributed by atoms with van der Waals surface area (Å²) < 4.78 is 5.57. The minimum Gasteiger partial charge on any atom is -0.370 e. The first-order valence-electron chi connectivity index (χ1n) is 6.15. The fourth-order valence-corrected chi connectivity index (χ4v) is 1.91. The predicted octanol–water partition coefficient (Wildman–Crippen LogP) is 4.16. The van der Waals surface area contributed by atoms with E-state index in [4.69, 9.17) is 4.74 Å². The van der Waals surface area contributed by atoms with E-state index in [0.29, 0.717) is 0 Å². The van der Waals surface area contributed by atoms with Gasteiger partial charge in [0.1, 0.15) is 5.60 Å². The van der Waals surface area contributed by atoms with Gasteiger partial charge in [0.05, 0.1) is 0 Å². The molecule has 0 heterocycles. The Balaban J connectivity index is 2.00. The summed E-state index contributed by atoms with van der Waals surface area (Å²) in [6, 6.07) is 10.3. The molecule has 1 aromatic rings. The van der Waals surface area contributed by atoms with Crippen LogP contribution in [0.1, 0.15) is 12.0 Å². The van der Waals surface area contributed by atoms with Gasteiger partial charge in [-0.15, -0.1) is 0 Å². The van der Waals surface area contributed by atoms with E-state index >= 15 is 0 Å². The summed E-state index contributed by atoms with van der Waals surface area (Å²) >= 11 is 0. The third kappa shape index (κ3) is 3.31. The summed E-state index contributed by atoms with van der Waals surface area (Å²) in [4.78, 5) is 0. The monoisotopic (exact) mass is 238 g/mol. The van der Waals surface area contributed by atoms with Gasteiger partial charge >= 0.3 is 0 Å². The minimum atomic E-state index is -0.282.